The number of anilines is 1. The van der Waals surface area contributed by atoms with Crippen molar-refractivity contribution >= 4 is 11.5 Å². The Balaban J connectivity index is 1.45. The summed E-state index contributed by atoms with van der Waals surface area (Å²) in [6.45, 7) is 7.95. The maximum atomic E-state index is 12.3. The number of nitrogens with zero attached hydrogens (tertiary/aromatic N) is 1. The van der Waals surface area contributed by atoms with E-state index in [-0.39, 0.29) is 11.0 Å². The number of fused-ring (bicyclic) bond motifs is 6. The smallest absolute Gasteiger partial charge is 0.155 e. The first-order chi connectivity index (χ1) is 15.8. The lowest BCUT2D eigenvalue weighted by Crippen LogP contribution is -2.55. The number of benzene rings is 1. The van der Waals surface area contributed by atoms with E-state index in [4.69, 9.17) is 4.74 Å². The van der Waals surface area contributed by atoms with Gasteiger partial charge in [0.25, 0.3) is 0 Å². The molecule has 3 saturated carbocycles. The molecule has 4 aliphatic carbocycles. The number of hydrogen-bond donors (Lipinski definition) is 0. The molecular formula is C30H39NO2. The lowest BCUT2D eigenvalue weighted by atomic mass is 9.46. The Morgan fingerprint density at radius 3 is 2.52 bits per heavy atom. The van der Waals surface area contributed by atoms with Crippen molar-refractivity contribution in [3.63, 3.8) is 0 Å². The molecule has 1 saturated heterocycles. The summed E-state index contributed by atoms with van der Waals surface area (Å²) >= 11 is 0. The largest absolute Gasteiger partial charge is 0.378 e. The number of carbonyl (C=O) groups excluding carboxylic acids is 1. The zero-order chi connectivity index (χ0) is 23.0. The Morgan fingerprint density at radius 1 is 1.03 bits per heavy atom. The highest BCUT2D eigenvalue weighted by Gasteiger charge is 2.67. The van der Waals surface area contributed by atoms with Crippen LogP contribution in [0.2, 0.25) is 0 Å². The lowest BCUT2D eigenvalue weighted by molar-refractivity contribution is -0.122. The van der Waals surface area contributed by atoms with Gasteiger partial charge in [-0.25, -0.2) is 0 Å². The minimum Gasteiger partial charge on any atom is -0.378 e. The van der Waals surface area contributed by atoms with Crippen molar-refractivity contribution in [2.24, 2.45) is 29.1 Å². The molecule has 3 heteroatoms. The normalized spacial score (nSPS) is 42.0. The molecule has 0 amide bonds. The molecule has 0 radical (unpaired) electrons. The summed E-state index contributed by atoms with van der Waals surface area (Å²) in [6.07, 6.45) is 10.8. The molecular weight excluding hydrogens is 406 g/mol. The van der Waals surface area contributed by atoms with Crippen molar-refractivity contribution in [1.29, 1.82) is 0 Å². The predicted molar refractivity (Wildman–Crippen MR) is 133 cm³/mol. The molecule has 0 aromatic heterocycles. The maximum Gasteiger partial charge on any atom is 0.155 e. The highest BCUT2D eigenvalue weighted by atomic mass is 16.5. The fraction of sp³-hybridized carbons (Fsp3) is 0.633. The Bertz CT molecular complexity index is 1010. The molecule has 0 bridgehead atoms. The van der Waals surface area contributed by atoms with Crippen molar-refractivity contribution in [3.05, 3.63) is 53.6 Å². The van der Waals surface area contributed by atoms with Gasteiger partial charge >= 0.3 is 0 Å². The van der Waals surface area contributed by atoms with Crippen LogP contribution in [0.15, 0.2) is 48.1 Å². The van der Waals surface area contributed by atoms with Crippen LogP contribution in [-0.4, -0.2) is 32.1 Å². The third kappa shape index (κ3) is 3.00. The van der Waals surface area contributed by atoms with Gasteiger partial charge in [0, 0.05) is 31.6 Å². The second kappa shape index (κ2) is 7.57. The average Bonchev–Trinajstić information content (AvgIpc) is 3.33. The molecule has 1 aromatic rings. The van der Waals surface area contributed by atoms with Crippen LogP contribution >= 0.6 is 0 Å². The van der Waals surface area contributed by atoms with E-state index in [1.165, 1.54) is 41.7 Å². The van der Waals surface area contributed by atoms with E-state index in [0.29, 0.717) is 35.4 Å². The molecule has 1 heterocycles. The number of allylic oxidation sites excluding steroid dienone is 1. The Morgan fingerprint density at radius 2 is 1.82 bits per heavy atom. The summed E-state index contributed by atoms with van der Waals surface area (Å²) in [5.74, 6) is 3.51. The SMILES string of the molecule is C=C1CCO[C@@]12CC[C@H]1[C@@H]3CCC4=CC(=O)CC[C@@H]4[C@H]3[C@@H](c3ccc(N(C)C)cc3)C[C@@]12C. The number of rotatable bonds is 2. The Kier molecular flexibility index (Phi) is 4.96. The van der Waals surface area contributed by atoms with Crippen LogP contribution in [0.3, 0.4) is 0 Å². The first-order valence-electron chi connectivity index (χ1n) is 13.2. The van der Waals surface area contributed by atoms with Gasteiger partial charge in [0.05, 0.1) is 12.2 Å². The van der Waals surface area contributed by atoms with Gasteiger partial charge in [0.2, 0.25) is 0 Å². The van der Waals surface area contributed by atoms with Gasteiger partial charge in [-0.1, -0.05) is 31.2 Å². The highest BCUT2D eigenvalue weighted by Crippen LogP contribution is 2.71. The Labute approximate surface area is 199 Å². The van der Waals surface area contributed by atoms with Crippen LogP contribution < -0.4 is 4.90 Å². The van der Waals surface area contributed by atoms with E-state index in [2.05, 4.69) is 56.8 Å². The Hall–Kier alpha value is -1.87. The van der Waals surface area contributed by atoms with Crippen LogP contribution in [0.25, 0.3) is 0 Å². The molecule has 5 aliphatic rings. The zero-order valence-corrected chi connectivity index (χ0v) is 20.6. The van der Waals surface area contributed by atoms with Crippen LogP contribution in [0.5, 0.6) is 0 Å². The predicted octanol–water partition coefficient (Wildman–Crippen LogP) is 6.30. The van der Waals surface area contributed by atoms with Crippen molar-refractivity contribution in [1.82, 2.24) is 0 Å². The first-order valence-corrected chi connectivity index (χ1v) is 13.2. The summed E-state index contributed by atoms with van der Waals surface area (Å²) < 4.78 is 6.66. The fourth-order valence-electron chi connectivity index (χ4n) is 9.13. The average molecular weight is 446 g/mol. The van der Waals surface area contributed by atoms with Crippen molar-refractivity contribution in [2.75, 3.05) is 25.6 Å². The van der Waals surface area contributed by atoms with Crippen LogP contribution in [0.4, 0.5) is 5.69 Å². The minimum atomic E-state index is -0.122. The lowest BCUT2D eigenvalue weighted by Gasteiger charge is -2.59. The van der Waals surface area contributed by atoms with Gasteiger partial charge in [-0.15, -0.1) is 0 Å². The van der Waals surface area contributed by atoms with E-state index in [1.807, 2.05) is 6.08 Å². The van der Waals surface area contributed by atoms with Gasteiger partial charge in [-0.3, -0.25) is 4.79 Å². The fourth-order valence-corrected chi connectivity index (χ4v) is 9.13. The number of ether oxygens (including phenoxy) is 1. The quantitative estimate of drug-likeness (QED) is 0.500. The molecule has 33 heavy (non-hydrogen) atoms. The molecule has 0 unspecified atom stereocenters. The van der Waals surface area contributed by atoms with Gasteiger partial charge < -0.3 is 9.64 Å². The number of ketones is 1. The molecule has 3 nitrogen and oxygen atoms in total. The monoisotopic (exact) mass is 445 g/mol. The van der Waals surface area contributed by atoms with E-state index in [0.717, 1.165) is 38.7 Å². The van der Waals surface area contributed by atoms with Crippen molar-refractivity contribution in [3.8, 4) is 0 Å². The first kappa shape index (κ1) is 21.6. The van der Waals surface area contributed by atoms with E-state index in [1.54, 1.807) is 0 Å². The zero-order valence-electron chi connectivity index (χ0n) is 20.6. The van der Waals surface area contributed by atoms with Gasteiger partial charge in [-0.2, -0.15) is 0 Å². The molecule has 0 N–H and O–H groups in total. The van der Waals surface area contributed by atoms with Gasteiger partial charge in [0.1, 0.15) is 0 Å². The molecule has 1 aromatic carbocycles. The maximum absolute atomic E-state index is 12.3. The standard InChI is InChI=1S/C30H39NO2/c1-19-14-16-33-30(19)15-13-27-25-11-7-21-17-23(32)10-12-24(21)28(25)26(18-29(27,30)2)20-5-8-22(9-6-20)31(3)4/h5-6,8-9,17,24-28H,1,7,10-16,18H2,2-4H3/t24-,25-,26+,27-,28+,29-,30-/m0/s1. The summed E-state index contributed by atoms with van der Waals surface area (Å²) in [5.41, 5.74) is 5.58. The van der Waals surface area contributed by atoms with E-state index < -0.39 is 0 Å². The van der Waals surface area contributed by atoms with Gasteiger partial charge in [-0.05, 0) is 104 Å². The third-order valence-electron chi connectivity index (χ3n) is 10.6. The highest BCUT2D eigenvalue weighted by molar-refractivity contribution is 5.91. The molecule has 1 aliphatic heterocycles. The van der Waals surface area contributed by atoms with Crippen molar-refractivity contribution < 1.29 is 9.53 Å². The van der Waals surface area contributed by atoms with Crippen LogP contribution in [0, 0.1) is 29.1 Å². The molecule has 4 fully saturated rings. The summed E-state index contributed by atoms with van der Waals surface area (Å²) in [4.78, 5) is 14.4. The van der Waals surface area contributed by atoms with Gasteiger partial charge in [0.15, 0.2) is 5.78 Å². The third-order valence-corrected chi connectivity index (χ3v) is 10.6. The second-order valence-corrected chi connectivity index (χ2v) is 12.0. The van der Waals surface area contributed by atoms with Crippen LogP contribution in [0.1, 0.15) is 69.8 Å². The molecule has 6 rings (SSSR count). The topological polar surface area (TPSA) is 29.5 Å². The van der Waals surface area contributed by atoms with Crippen LogP contribution in [-0.2, 0) is 9.53 Å². The molecule has 176 valence electrons. The summed E-state index contributed by atoms with van der Waals surface area (Å²) in [5, 5.41) is 0. The van der Waals surface area contributed by atoms with Crippen molar-refractivity contribution in [2.45, 2.75) is 69.8 Å². The molecule has 7 atom stereocenters. The second-order valence-electron chi connectivity index (χ2n) is 12.0. The van der Waals surface area contributed by atoms with E-state index >= 15 is 0 Å². The summed E-state index contributed by atoms with van der Waals surface area (Å²) in [6, 6.07) is 9.35. The number of hydrogen-bond acceptors (Lipinski definition) is 3. The number of carbonyl (C=O) groups is 1. The minimum absolute atomic E-state index is 0.122. The molecule has 1 spiro atoms. The van der Waals surface area contributed by atoms with E-state index in [9.17, 15) is 4.79 Å². The summed E-state index contributed by atoms with van der Waals surface area (Å²) in [7, 11) is 4.22.